The van der Waals surface area contributed by atoms with E-state index in [0.29, 0.717) is 41.6 Å². The summed E-state index contributed by atoms with van der Waals surface area (Å²) < 4.78 is 15.5. The van der Waals surface area contributed by atoms with Crippen molar-refractivity contribution < 1.29 is 19.0 Å². The molecule has 1 rings (SSSR count). The molecule has 5 heteroatoms. The van der Waals surface area contributed by atoms with E-state index in [1.54, 1.807) is 19.2 Å². The number of carbonyl (C=O) groups excluding carboxylic acids is 1. The Labute approximate surface area is 105 Å². The molecule has 1 aromatic carbocycles. The highest BCUT2D eigenvalue weighted by Gasteiger charge is 2.12. The van der Waals surface area contributed by atoms with E-state index in [0.717, 1.165) is 6.42 Å². The van der Waals surface area contributed by atoms with Crippen LogP contribution in [-0.2, 0) is 4.74 Å². The molecule has 0 heterocycles. The highest BCUT2D eigenvalue weighted by atomic mass is 35.5. The van der Waals surface area contributed by atoms with E-state index < -0.39 is 0 Å². The Morgan fingerprint density at radius 3 is 2.65 bits per heavy atom. The van der Waals surface area contributed by atoms with Crippen molar-refractivity contribution in [2.45, 2.75) is 6.42 Å². The predicted molar refractivity (Wildman–Crippen MR) is 65.4 cm³/mol. The Kier molecular flexibility index (Phi) is 5.80. The second-order valence-electron chi connectivity index (χ2n) is 3.34. The van der Waals surface area contributed by atoms with Crippen LogP contribution < -0.4 is 9.47 Å². The highest BCUT2D eigenvalue weighted by Crippen LogP contribution is 2.33. The lowest BCUT2D eigenvalue weighted by Crippen LogP contribution is -2.04. The third kappa shape index (κ3) is 3.91. The molecule has 0 saturated heterocycles. The molecule has 0 unspecified atom stereocenters. The van der Waals surface area contributed by atoms with Gasteiger partial charge >= 0.3 is 0 Å². The van der Waals surface area contributed by atoms with Crippen LogP contribution in [0, 0.1) is 0 Å². The van der Waals surface area contributed by atoms with E-state index in [1.807, 2.05) is 0 Å². The van der Waals surface area contributed by atoms with Crippen molar-refractivity contribution in [2.75, 3.05) is 27.4 Å². The van der Waals surface area contributed by atoms with E-state index in [-0.39, 0.29) is 0 Å². The first-order valence-electron chi connectivity index (χ1n) is 5.17. The number of methoxy groups -OCH3 is 2. The Balaban J connectivity index is 2.83. The number of aldehydes is 1. The second-order valence-corrected chi connectivity index (χ2v) is 3.78. The maximum atomic E-state index is 10.9. The third-order valence-corrected chi connectivity index (χ3v) is 2.35. The van der Waals surface area contributed by atoms with Gasteiger partial charge < -0.3 is 14.2 Å². The highest BCUT2D eigenvalue weighted by molar-refractivity contribution is 6.31. The minimum atomic E-state index is 0.381. The van der Waals surface area contributed by atoms with Crippen LogP contribution in [0.5, 0.6) is 11.5 Å². The van der Waals surface area contributed by atoms with Crippen LogP contribution in [0.1, 0.15) is 16.8 Å². The molecule has 0 saturated carbocycles. The molecule has 0 amide bonds. The topological polar surface area (TPSA) is 44.8 Å². The van der Waals surface area contributed by atoms with Gasteiger partial charge in [0.1, 0.15) is 0 Å². The van der Waals surface area contributed by atoms with Crippen molar-refractivity contribution in [1.82, 2.24) is 0 Å². The first-order chi connectivity index (χ1) is 8.22. The Morgan fingerprint density at radius 2 is 2.06 bits per heavy atom. The smallest absolute Gasteiger partial charge is 0.171 e. The maximum absolute atomic E-state index is 10.9. The molecule has 0 atom stereocenters. The van der Waals surface area contributed by atoms with Gasteiger partial charge in [-0.2, -0.15) is 0 Å². The first-order valence-corrected chi connectivity index (χ1v) is 5.55. The van der Waals surface area contributed by atoms with Crippen LogP contribution in [0.3, 0.4) is 0 Å². The number of carbonyl (C=O) groups is 1. The molecule has 1 aromatic rings. The van der Waals surface area contributed by atoms with E-state index in [9.17, 15) is 4.79 Å². The Morgan fingerprint density at radius 1 is 1.29 bits per heavy atom. The largest absolute Gasteiger partial charge is 0.493 e. The Hall–Kier alpha value is -1.26. The fourth-order valence-electron chi connectivity index (χ4n) is 1.36. The van der Waals surface area contributed by atoms with E-state index in [1.165, 1.54) is 7.11 Å². The van der Waals surface area contributed by atoms with Gasteiger partial charge in [-0.15, -0.1) is 0 Å². The molecular formula is C12H15ClO4. The summed E-state index contributed by atoms with van der Waals surface area (Å²) in [6.45, 7) is 1.05. The van der Waals surface area contributed by atoms with Crippen LogP contribution >= 0.6 is 11.6 Å². The number of ether oxygens (including phenoxy) is 3. The van der Waals surface area contributed by atoms with Crippen LogP contribution in [0.15, 0.2) is 12.1 Å². The molecule has 0 bridgehead atoms. The summed E-state index contributed by atoms with van der Waals surface area (Å²) in [4.78, 5) is 10.9. The lowest BCUT2D eigenvalue weighted by molar-refractivity contribution is 0.111. The normalized spacial score (nSPS) is 10.1. The van der Waals surface area contributed by atoms with E-state index in [4.69, 9.17) is 25.8 Å². The summed E-state index contributed by atoms with van der Waals surface area (Å²) in [5.41, 5.74) is 0.381. The van der Waals surface area contributed by atoms with Gasteiger partial charge in [-0.25, -0.2) is 0 Å². The van der Waals surface area contributed by atoms with Crippen molar-refractivity contribution in [2.24, 2.45) is 0 Å². The van der Waals surface area contributed by atoms with Gasteiger partial charge in [-0.05, 0) is 6.07 Å². The molecule has 0 radical (unpaired) electrons. The van der Waals surface area contributed by atoms with Gasteiger partial charge in [-0.1, -0.05) is 11.6 Å². The molecule has 0 aromatic heterocycles. The molecular weight excluding hydrogens is 244 g/mol. The van der Waals surface area contributed by atoms with Crippen molar-refractivity contribution >= 4 is 17.9 Å². The monoisotopic (exact) mass is 258 g/mol. The van der Waals surface area contributed by atoms with Crippen LogP contribution in [0.4, 0.5) is 0 Å². The van der Waals surface area contributed by atoms with E-state index >= 15 is 0 Å². The molecule has 0 fully saturated rings. The first kappa shape index (κ1) is 13.8. The number of benzene rings is 1. The third-order valence-electron chi connectivity index (χ3n) is 2.13. The lowest BCUT2D eigenvalue weighted by Gasteiger charge is -2.12. The molecule has 94 valence electrons. The molecule has 17 heavy (non-hydrogen) atoms. The zero-order valence-electron chi connectivity index (χ0n) is 9.86. The molecule has 0 aliphatic rings. The summed E-state index contributed by atoms with van der Waals surface area (Å²) in [5.74, 6) is 0.875. The summed E-state index contributed by atoms with van der Waals surface area (Å²) in [5, 5.41) is 0.438. The van der Waals surface area contributed by atoms with Crippen LogP contribution in [0.2, 0.25) is 5.02 Å². The summed E-state index contributed by atoms with van der Waals surface area (Å²) in [6.07, 6.45) is 1.43. The molecule has 0 N–H and O–H groups in total. The average Bonchev–Trinajstić information content (AvgIpc) is 2.35. The number of hydrogen-bond donors (Lipinski definition) is 0. The lowest BCUT2D eigenvalue weighted by atomic mass is 10.2. The number of halogens is 1. The SMILES string of the molecule is COCCCOc1c(C=O)cc(Cl)cc1OC. The average molecular weight is 259 g/mol. The summed E-state index contributed by atoms with van der Waals surface area (Å²) in [7, 11) is 3.13. The van der Waals surface area contributed by atoms with Crippen molar-refractivity contribution in [3.05, 3.63) is 22.7 Å². The molecule has 0 spiro atoms. The van der Waals surface area contributed by atoms with Gasteiger partial charge in [0.05, 0.1) is 19.3 Å². The van der Waals surface area contributed by atoms with Crippen molar-refractivity contribution in [3.63, 3.8) is 0 Å². The van der Waals surface area contributed by atoms with Gasteiger partial charge in [0.15, 0.2) is 17.8 Å². The minimum absolute atomic E-state index is 0.381. The molecule has 0 aliphatic heterocycles. The van der Waals surface area contributed by atoms with E-state index in [2.05, 4.69) is 0 Å². The fraction of sp³-hybridized carbons (Fsp3) is 0.417. The zero-order chi connectivity index (χ0) is 12.7. The predicted octanol–water partition coefficient (Wildman–Crippen LogP) is 2.58. The standard InChI is InChI=1S/C12H15ClO4/c1-15-4-3-5-17-12-9(8-14)6-10(13)7-11(12)16-2/h6-8H,3-5H2,1-2H3. The van der Waals surface area contributed by atoms with Gasteiger partial charge in [0, 0.05) is 31.2 Å². The summed E-state index contributed by atoms with van der Waals surface area (Å²) >= 11 is 5.85. The van der Waals surface area contributed by atoms with Crippen LogP contribution in [0.25, 0.3) is 0 Å². The van der Waals surface area contributed by atoms with Gasteiger partial charge in [0.25, 0.3) is 0 Å². The zero-order valence-corrected chi connectivity index (χ0v) is 10.6. The molecule has 0 aliphatic carbocycles. The van der Waals surface area contributed by atoms with Crippen molar-refractivity contribution in [1.29, 1.82) is 0 Å². The summed E-state index contributed by atoms with van der Waals surface area (Å²) in [6, 6.07) is 3.16. The van der Waals surface area contributed by atoms with Crippen LogP contribution in [-0.4, -0.2) is 33.7 Å². The second kappa shape index (κ2) is 7.14. The van der Waals surface area contributed by atoms with Gasteiger partial charge in [0.2, 0.25) is 0 Å². The number of hydrogen-bond acceptors (Lipinski definition) is 4. The minimum Gasteiger partial charge on any atom is -0.493 e. The fourth-order valence-corrected chi connectivity index (χ4v) is 1.58. The quantitative estimate of drug-likeness (QED) is 0.557. The molecule has 4 nitrogen and oxygen atoms in total. The maximum Gasteiger partial charge on any atom is 0.171 e. The Bertz CT molecular complexity index is 379. The van der Waals surface area contributed by atoms with Gasteiger partial charge in [-0.3, -0.25) is 4.79 Å². The van der Waals surface area contributed by atoms with Crippen molar-refractivity contribution in [3.8, 4) is 11.5 Å². The number of rotatable bonds is 7.